The molecule has 0 spiro atoms. The fourth-order valence-corrected chi connectivity index (χ4v) is 4.63. The third-order valence-corrected chi connectivity index (χ3v) is 6.27. The first-order chi connectivity index (χ1) is 16.8. The molecular weight excluding hydrogens is 476 g/mol. The minimum absolute atomic E-state index is 0. The van der Waals surface area contributed by atoms with Crippen LogP contribution in [0.4, 0.5) is 0 Å². The quantitative estimate of drug-likeness (QED) is 0.203. The number of hydrogen-bond donors (Lipinski definition) is 0. The van der Waals surface area contributed by atoms with Crippen LogP contribution in [0.5, 0.6) is 11.5 Å². The average Bonchev–Trinajstić information content (AvgIpc) is 3.67. The largest absolute Gasteiger partial charge is 2.00 e. The van der Waals surface area contributed by atoms with Gasteiger partial charge in [-0.3, -0.25) is 4.68 Å². The van der Waals surface area contributed by atoms with Gasteiger partial charge in [0.1, 0.15) is 11.5 Å². The Hall–Kier alpha value is -3.53. The maximum Gasteiger partial charge on any atom is 2.00 e. The zero-order chi connectivity index (χ0) is 23.3. The minimum atomic E-state index is 0. The summed E-state index contributed by atoms with van der Waals surface area (Å²) in [5, 5.41) is 5.09. The van der Waals surface area contributed by atoms with E-state index in [1.807, 2.05) is 48.5 Å². The number of aromatic nitrogens is 2. The van der Waals surface area contributed by atoms with Crippen molar-refractivity contribution in [2.24, 2.45) is 0 Å². The fraction of sp³-hybridized carbons (Fsp3) is 0.167. The molecule has 0 unspecified atom stereocenters. The standard InChI is InChI=1S/C25H23N2O2.C5H5.Fe/c1-28-19-12-10-17(11-13-19)16-27-25(18-6-3-4-7-18)22-15-14-20-21(24(22)26-27)8-5-9-23(20)29-2;1-2-4-5-3-1;/h3-13H,14-16H2,1-2H3;1-5H;/q2*-1;+2. The second-order valence-corrected chi connectivity index (χ2v) is 8.30. The van der Waals surface area contributed by atoms with Gasteiger partial charge in [0, 0.05) is 11.1 Å². The predicted octanol–water partition coefficient (Wildman–Crippen LogP) is 6.50. The second-order valence-electron chi connectivity index (χ2n) is 8.30. The molecule has 178 valence electrons. The van der Waals surface area contributed by atoms with Crippen molar-refractivity contribution in [1.82, 2.24) is 9.78 Å². The van der Waals surface area contributed by atoms with Crippen LogP contribution in [-0.2, 0) is 36.5 Å². The second kappa shape index (κ2) is 11.3. The van der Waals surface area contributed by atoms with Crippen LogP contribution in [0.3, 0.4) is 0 Å². The summed E-state index contributed by atoms with van der Waals surface area (Å²) in [6.07, 6.45) is 1.93. The number of ether oxygens (including phenoxy) is 2. The first kappa shape index (κ1) is 24.6. The Kier molecular flexibility index (Phi) is 7.91. The van der Waals surface area contributed by atoms with Gasteiger partial charge in [0.25, 0.3) is 0 Å². The summed E-state index contributed by atoms with van der Waals surface area (Å²) in [5.41, 5.74) is 8.48. The molecular formula is C30H28FeN2O2. The predicted molar refractivity (Wildman–Crippen MR) is 137 cm³/mol. The Bertz CT molecular complexity index is 1320. The van der Waals surface area contributed by atoms with Crippen LogP contribution >= 0.6 is 0 Å². The van der Waals surface area contributed by atoms with Crippen molar-refractivity contribution in [3.05, 3.63) is 114 Å². The summed E-state index contributed by atoms with van der Waals surface area (Å²) in [5.74, 6) is 1.82. The summed E-state index contributed by atoms with van der Waals surface area (Å²) in [7, 11) is 3.43. The van der Waals surface area contributed by atoms with Crippen LogP contribution in [0.25, 0.3) is 22.5 Å². The number of fused-ring (bicyclic) bond motifs is 3. The number of rotatable bonds is 5. The Balaban J connectivity index is 0.000000431. The Morgan fingerprint density at radius 1 is 0.829 bits per heavy atom. The van der Waals surface area contributed by atoms with Crippen molar-refractivity contribution in [1.29, 1.82) is 0 Å². The molecule has 4 aromatic carbocycles. The Labute approximate surface area is 217 Å². The van der Waals surface area contributed by atoms with E-state index < -0.39 is 0 Å². The summed E-state index contributed by atoms with van der Waals surface area (Å²) < 4.78 is 13.1. The first-order valence-corrected chi connectivity index (χ1v) is 11.6. The number of methoxy groups -OCH3 is 2. The van der Waals surface area contributed by atoms with E-state index >= 15 is 0 Å². The van der Waals surface area contributed by atoms with Gasteiger partial charge in [-0.15, -0.1) is 11.6 Å². The minimum Gasteiger partial charge on any atom is -0.497 e. The molecule has 5 aromatic rings. The third kappa shape index (κ3) is 5.12. The zero-order valence-corrected chi connectivity index (χ0v) is 21.0. The van der Waals surface area contributed by atoms with Crippen LogP contribution in [-0.4, -0.2) is 24.0 Å². The SMILES string of the molecule is COc1ccc(Cn2nc3c(c2-c2ccc[cH-]2)CCc2c(OC)cccc2-3)cc1.[Fe+2].c1cc[cH-]c1. The van der Waals surface area contributed by atoms with Crippen LogP contribution in [0.2, 0.25) is 0 Å². The molecule has 4 nitrogen and oxygen atoms in total. The van der Waals surface area contributed by atoms with E-state index in [4.69, 9.17) is 14.6 Å². The van der Waals surface area contributed by atoms with Gasteiger partial charge in [-0.2, -0.15) is 41.5 Å². The molecule has 0 saturated heterocycles. The van der Waals surface area contributed by atoms with Crippen molar-refractivity contribution in [3.63, 3.8) is 0 Å². The molecule has 6 rings (SSSR count). The number of nitrogens with zero attached hydrogens (tertiary/aromatic N) is 2. The first-order valence-electron chi connectivity index (χ1n) is 11.6. The van der Waals surface area contributed by atoms with Gasteiger partial charge in [-0.1, -0.05) is 24.3 Å². The monoisotopic (exact) mass is 504 g/mol. The molecule has 0 bridgehead atoms. The van der Waals surface area contributed by atoms with E-state index in [1.165, 1.54) is 33.5 Å². The van der Waals surface area contributed by atoms with Gasteiger partial charge >= 0.3 is 17.1 Å². The molecule has 0 atom stereocenters. The maximum absolute atomic E-state index is 5.61. The van der Waals surface area contributed by atoms with Crippen molar-refractivity contribution >= 4 is 0 Å². The normalized spacial score (nSPS) is 11.4. The molecule has 1 aliphatic rings. The molecule has 35 heavy (non-hydrogen) atoms. The van der Waals surface area contributed by atoms with E-state index in [2.05, 4.69) is 53.2 Å². The molecule has 1 aromatic heterocycles. The smallest absolute Gasteiger partial charge is 0.497 e. The van der Waals surface area contributed by atoms with Gasteiger partial charge in [0.05, 0.1) is 26.5 Å². The van der Waals surface area contributed by atoms with Crippen molar-refractivity contribution < 1.29 is 26.5 Å². The number of hydrogen-bond acceptors (Lipinski definition) is 3. The average molecular weight is 504 g/mol. The van der Waals surface area contributed by atoms with E-state index in [1.54, 1.807) is 14.2 Å². The Morgan fingerprint density at radius 3 is 2.23 bits per heavy atom. The number of benzene rings is 2. The van der Waals surface area contributed by atoms with Gasteiger partial charge < -0.3 is 9.47 Å². The van der Waals surface area contributed by atoms with Crippen LogP contribution in [0.1, 0.15) is 16.7 Å². The fourth-order valence-electron chi connectivity index (χ4n) is 4.63. The van der Waals surface area contributed by atoms with Crippen molar-refractivity contribution in [2.75, 3.05) is 14.2 Å². The molecule has 0 saturated carbocycles. The van der Waals surface area contributed by atoms with Gasteiger partial charge in [0.15, 0.2) is 0 Å². The van der Waals surface area contributed by atoms with Crippen LogP contribution in [0, 0.1) is 0 Å². The molecule has 0 radical (unpaired) electrons. The molecule has 1 aliphatic carbocycles. The van der Waals surface area contributed by atoms with E-state index in [0.29, 0.717) is 0 Å². The van der Waals surface area contributed by atoms with Gasteiger partial charge in [-0.25, -0.2) is 12.1 Å². The van der Waals surface area contributed by atoms with Crippen LogP contribution in [0.15, 0.2) is 97.1 Å². The summed E-state index contributed by atoms with van der Waals surface area (Å²) in [6.45, 7) is 0.719. The van der Waals surface area contributed by atoms with Gasteiger partial charge in [0.2, 0.25) is 0 Å². The van der Waals surface area contributed by atoms with E-state index in [0.717, 1.165) is 36.6 Å². The molecule has 5 heteroatoms. The summed E-state index contributed by atoms with van der Waals surface area (Å²) in [6, 6.07) is 33.0. The molecule has 0 amide bonds. The molecule has 1 heterocycles. The van der Waals surface area contributed by atoms with E-state index in [-0.39, 0.29) is 17.1 Å². The molecule has 0 N–H and O–H groups in total. The molecule has 0 aliphatic heterocycles. The maximum atomic E-state index is 5.61. The van der Waals surface area contributed by atoms with E-state index in [9.17, 15) is 0 Å². The summed E-state index contributed by atoms with van der Waals surface area (Å²) in [4.78, 5) is 0. The zero-order valence-electron chi connectivity index (χ0n) is 19.9. The van der Waals surface area contributed by atoms with Crippen molar-refractivity contribution in [2.45, 2.75) is 19.4 Å². The topological polar surface area (TPSA) is 36.3 Å². The van der Waals surface area contributed by atoms with Crippen LogP contribution < -0.4 is 9.47 Å². The summed E-state index contributed by atoms with van der Waals surface area (Å²) >= 11 is 0. The van der Waals surface area contributed by atoms with Gasteiger partial charge in [-0.05, 0) is 47.9 Å². The molecule has 0 fully saturated rings. The van der Waals surface area contributed by atoms with Crippen molar-refractivity contribution in [3.8, 4) is 34.0 Å². The Morgan fingerprint density at radius 2 is 1.60 bits per heavy atom. The third-order valence-electron chi connectivity index (χ3n) is 6.27.